The summed E-state index contributed by atoms with van der Waals surface area (Å²) < 4.78 is 12.7. The number of allylic oxidation sites excluding steroid dienone is 1. The molecule has 2 aliphatic heterocycles. The van der Waals surface area contributed by atoms with Crippen molar-refractivity contribution in [2.45, 2.75) is 82.1 Å². The molecular formula is C29H36N6O6. The molecule has 0 radical (unpaired) electrons. The number of nitrogens with zero attached hydrogens (tertiary/aromatic N) is 5. The highest BCUT2D eigenvalue weighted by molar-refractivity contribution is 5.85. The summed E-state index contributed by atoms with van der Waals surface area (Å²) in [4.78, 5) is 31.0. The van der Waals surface area contributed by atoms with E-state index in [-0.39, 0.29) is 18.2 Å². The van der Waals surface area contributed by atoms with E-state index in [1.807, 2.05) is 57.2 Å². The Labute approximate surface area is 237 Å². The molecule has 1 saturated heterocycles. The summed E-state index contributed by atoms with van der Waals surface area (Å²) in [6.07, 6.45) is 2.34. The molecule has 5 rings (SSSR count). The molecule has 0 aliphatic carbocycles. The van der Waals surface area contributed by atoms with E-state index in [9.17, 15) is 20.1 Å². The molecule has 5 N–H and O–H groups in total. The predicted octanol–water partition coefficient (Wildman–Crippen LogP) is 1.98. The van der Waals surface area contributed by atoms with Crippen molar-refractivity contribution in [1.29, 1.82) is 0 Å². The Morgan fingerprint density at radius 3 is 2.59 bits per heavy atom. The third-order valence-corrected chi connectivity index (χ3v) is 7.19. The minimum Gasteiger partial charge on any atom is -0.460 e. The highest BCUT2D eigenvalue weighted by Crippen LogP contribution is 2.38. The fourth-order valence-electron chi connectivity index (χ4n) is 5.13. The van der Waals surface area contributed by atoms with Gasteiger partial charge in [0.05, 0.1) is 12.9 Å². The van der Waals surface area contributed by atoms with Crippen molar-refractivity contribution in [2.75, 3.05) is 12.3 Å². The maximum atomic E-state index is 12.4. The van der Waals surface area contributed by atoms with Crippen LogP contribution in [0.5, 0.6) is 0 Å². The fourth-order valence-corrected chi connectivity index (χ4v) is 5.13. The van der Waals surface area contributed by atoms with Gasteiger partial charge in [0, 0.05) is 12.6 Å². The van der Waals surface area contributed by atoms with Gasteiger partial charge in [-0.05, 0) is 57.2 Å². The van der Waals surface area contributed by atoms with Crippen LogP contribution in [0, 0.1) is 0 Å². The number of ether oxygens (including phenoxy) is 2. The Bertz CT molecular complexity index is 1470. The van der Waals surface area contributed by atoms with E-state index in [1.54, 1.807) is 6.21 Å². The SMILES string of the molecule is CC(C)(C)OC(=O)CCC1=CC(CCc2ccccc2)(c2nc(N)c3ncn([C@@H]4O[C@H](CO)C(O)C4O)c3n2)N=C1. The molecule has 1 fully saturated rings. The molecule has 0 saturated carbocycles. The van der Waals surface area contributed by atoms with Gasteiger partial charge in [-0.1, -0.05) is 30.3 Å². The predicted molar refractivity (Wildman–Crippen MR) is 151 cm³/mol. The zero-order valence-electron chi connectivity index (χ0n) is 23.3. The second-order valence-electron chi connectivity index (χ2n) is 11.5. The molecule has 12 nitrogen and oxygen atoms in total. The van der Waals surface area contributed by atoms with Crippen LogP contribution in [-0.2, 0) is 26.2 Å². The first kappa shape index (κ1) is 28.8. The van der Waals surface area contributed by atoms with E-state index in [0.717, 1.165) is 11.1 Å². The van der Waals surface area contributed by atoms with Crippen LogP contribution in [0.25, 0.3) is 11.2 Å². The van der Waals surface area contributed by atoms with Gasteiger partial charge in [-0.15, -0.1) is 0 Å². The van der Waals surface area contributed by atoms with E-state index < -0.39 is 42.3 Å². The van der Waals surface area contributed by atoms with Crippen LogP contribution in [0.15, 0.2) is 53.3 Å². The summed E-state index contributed by atoms with van der Waals surface area (Å²) in [6.45, 7) is 5.04. The van der Waals surface area contributed by atoms with Crippen LogP contribution in [0.1, 0.15) is 57.6 Å². The number of aliphatic hydroxyl groups excluding tert-OH is 3. The summed E-state index contributed by atoms with van der Waals surface area (Å²) >= 11 is 0. The molecule has 3 aromatic rings. The number of benzene rings is 1. The molecule has 0 spiro atoms. The van der Waals surface area contributed by atoms with E-state index in [2.05, 4.69) is 9.97 Å². The van der Waals surface area contributed by atoms with Crippen LogP contribution in [0.2, 0.25) is 0 Å². The quantitative estimate of drug-likeness (QED) is 0.281. The molecule has 1 aromatic carbocycles. The first-order chi connectivity index (χ1) is 19.5. The summed E-state index contributed by atoms with van der Waals surface area (Å²) in [5.74, 6) is 0.161. The van der Waals surface area contributed by atoms with Gasteiger partial charge in [-0.3, -0.25) is 14.4 Å². The number of aliphatic hydroxyl groups is 3. The zero-order valence-corrected chi connectivity index (χ0v) is 23.3. The van der Waals surface area contributed by atoms with E-state index in [1.165, 1.54) is 10.9 Å². The summed E-state index contributed by atoms with van der Waals surface area (Å²) in [7, 11) is 0. The first-order valence-electron chi connectivity index (χ1n) is 13.7. The number of anilines is 1. The first-order valence-corrected chi connectivity index (χ1v) is 13.7. The fraction of sp³-hybridized carbons (Fsp3) is 0.483. The van der Waals surface area contributed by atoms with Gasteiger partial charge < -0.3 is 30.5 Å². The topological polar surface area (TPSA) is 178 Å². The third-order valence-electron chi connectivity index (χ3n) is 7.19. The number of imidazole rings is 1. The number of hydrogen-bond acceptors (Lipinski definition) is 11. The lowest BCUT2D eigenvalue weighted by atomic mass is 9.90. The third kappa shape index (κ3) is 6.01. The Balaban J connectivity index is 1.50. The number of carbonyl (C=O) groups is 1. The van der Waals surface area contributed by atoms with Gasteiger partial charge >= 0.3 is 5.97 Å². The van der Waals surface area contributed by atoms with Crippen molar-refractivity contribution in [3.05, 3.63) is 59.7 Å². The van der Waals surface area contributed by atoms with Crippen molar-refractivity contribution in [3.8, 4) is 0 Å². The van der Waals surface area contributed by atoms with Crippen molar-refractivity contribution in [1.82, 2.24) is 19.5 Å². The number of fused-ring (bicyclic) bond motifs is 1. The molecule has 2 aliphatic rings. The second-order valence-corrected chi connectivity index (χ2v) is 11.5. The largest absolute Gasteiger partial charge is 0.460 e. The van der Waals surface area contributed by atoms with Gasteiger partial charge in [0.15, 0.2) is 23.5 Å². The Morgan fingerprint density at radius 2 is 1.90 bits per heavy atom. The lowest BCUT2D eigenvalue weighted by Crippen LogP contribution is -2.33. The van der Waals surface area contributed by atoms with Crippen LogP contribution in [0.4, 0.5) is 5.82 Å². The van der Waals surface area contributed by atoms with Crippen molar-refractivity contribution < 1.29 is 29.6 Å². The Kier molecular flexibility index (Phi) is 7.93. The van der Waals surface area contributed by atoms with Gasteiger partial charge in [-0.25, -0.2) is 15.0 Å². The van der Waals surface area contributed by atoms with Crippen molar-refractivity contribution >= 4 is 29.2 Å². The standard InChI is InChI=1S/C29H36N6O6/c1-28(2,3)41-20(37)10-9-18-13-29(32-14-18,12-11-17-7-5-4-6-8-17)27-33-24(30)21-25(34-27)35(16-31-21)26-23(39)22(38)19(15-36)40-26/h4-8,13-14,16,19,22-23,26,36,38-39H,9-12,15H2,1-3H3,(H2,30,33,34)/t19-,22?,23?,26-,29?/m1/s1. The van der Waals surface area contributed by atoms with Crippen LogP contribution in [-0.4, -0.2) is 77.5 Å². The van der Waals surface area contributed by atoms with Crippen LogP contribution >= 0.6 is 0 Å². The number of nitrogens with two attached hydrogens (primary N) is 1. The highest BCUT2D eigenvalue weighted by Gasteiger charge is 2.44. The monoisotopic (exact) mass is 564 g/mol. The molecule has 218 valence electrons. The Morgan fingerprint density at radius 1 is 1.15 bits per heavy atom. The minimum absolute atomic E-state index is 0.125. The lowest BCUT2D eigenvalue weighted by molar-refractivity contribution is -0.154. The number of hydrogen-bond donors (Lipinski definition) is 4. The molecule has 0 bridgehead atoms. The molecule has 12 heteroatoms. The van der Waals surface area contributed by atoms with Gasteiger partial charge in [0.2, 0.25) is 0 Å². The van der Waals surface area contributed by atoms with Gasteiger partial charge in [0.1, 0.15) is 35.0 Å². The molecule has 4 heterocycles. The van der Waals surface area contributed by atoms with E-state index in [4.69, 9.17) is 25.2 Å². The maximum Gasteiger partial charge on any atom is 0.306 e. The highest BCUT2D eigenvalue weighted by atomic mass is 16.6. The molecule has 0 amide bonds. The lowest BCUT2D eigenvalue weighted by Gasteiger charge is -2.24. The van der Waals surface area contributed by atoms with Crippen molar-refractivity contribution in [3.63, 3.8) is 0 Å². The molecule has 41 heavy (non-hydrogen) atoms. The number of esters is 1. The second kappa shape index (κ2) is 11.3. The number of rotatable bonds is 9. The number of aliphatic imine (C=N–C) groups is 1. The molecular weight excluding hydrogens is 528 g/mol. The number of aromatic nitrogens is 4. The van der Waals surface area contributed by atoms with Gasteiger partial charge in [0.25, 0.3) is 0 Å². The molecule has 3 unspecified atom stereocenters. The smallest absolute Gasteiger partial charge is 0.306 e. The number of carbonyl (C=O) groups excluding carboxylic acids is 1. The Hall–Kier alpha value is -3.71. The van der Waals surface area contributed by atoms with E-state index >= 15 is 0 Å². The minimum atomic E-state index is -1.32. The normalized spacial score (nSPS) is 26.0. The number of aryl methyl sites for hydroxylation is 1. The molecule has 2 aromatic heterocycles. The average Bonchev–Trinajstić information content (AvgIpc) is 3.63. The summed E-state index contributed by atoms with van der Waals surface area (Å²) in [5, 5.41) is 30.5. The van der Waals surface area contributed by atoms with Gasteiger partial charge in [-0.2, -0.15) is 0 Å². The van der Waals surface area contributed by atoms with E-state index in [0.29, 0.717) is 36.3 Å². The van der Waals surface area contributed by atoms with Crippen LogP contribution in [0.3, 0.4) is 0 Å². The average molecular weight is 565 g/mol. The maximum absolute atomic E-state index is 12.4. The van der Waals surface area contributed by atoms with Crippen LogP contribution < -0.4 is 5.73 Å². The summed E-state index contributed by atoms with van der Waals surface area (Å²) in [6, 6.07) is 9.98. The van der Waals surface area contributed by atoms with Crippen molar-refractivity contribution in [2.24, 2.45) is 4.99 Å². The summed E-state index contributed by atoms with van der Waals surface area (Å²) in [5.41, 5.74) is 7.38. The zero-order chi connectivity index (χ0) is 29.4. The number of nitrogen functional groups attached to an aromatic ring is 1. The molecule has 5 atom stereocenters.